The lowest BCUT2D eigenvalue weighted by molar-refractivity contribution is 0.243. The number of aliphatic hydroxyl groups is 1. The first kappa shape index (κ1) is 10.9. The first-order valence-corrected chi connectivity index (χ1v) is 5.23. The lowest BCUT2D eigenvalue weighted by Crippen LogP contribution is -2.32. The Kier molecular flexibility index (Phi) is 2.78. The van der Waals surface area contributed by atoms with Gasteiger partial charge in [-0.1, -0.05) is 12.2 Å². The van der Waals surface area contributed by atoms with E-state index < -0.39 is 5.69 Å². The van der Waals surface area contributed by atoms with Crippen LogP contribution >= 0.6 is 0 Å². The molecule has 2 rings (SSSR count). The van der Waals surface area contributed by atoms with Crippen molar-refractivity contribution >= 4 is 0 Å². The fraction of sp³-hybridized carbons (Fsp3) is 0.455. The molecule has 0 saturated heterocycles. The predicted octanol–water partition coefficient (Wildman–Crippen LogP) is -0.0455. The quantitative estimate of drug-likeness (QED) is 0.689. The number of nitrogens with zero attached hydrogens (tertiary/aromatic N) is 1. The van der Waals surface area contributed by atoms with E-state index in [9.17, 15) is 9.59 Å². The zero-order chi connectivity index (χ0) is 11.7. The van der Waals surface area contributed by atoms with E-state index in [1.165, 1.54) is 4.57 Å². The number of allylic oxidation sites excluding steroid dienone is 1. The molecule has 1 heterocycles. The summed E-state index contributed by atoms with van der Waals surface area (Å²) in [6, 6.07) is -0.0693. The van der Waals surface area contributed by atoms with Crippen molar-refractivity contribution in [3.8, 4) is 0 Å². The number of hydrogen-bond donors (Lipinski definition) is 2. The maximum atomic E-state index is 11.6. The third-order valence-electron chi connectivity index (χ3n) is 2.89. The minimum absolute atomic E-state index is 0.0693. The van der Waals surface area contributed by atoms with E-state index in [2.05, 4.69) is 4.98 Å². The van der Waals surface area contributed by atoms with Crippen molar-refractivity contribution in [1.29, 1.82) is 0 Å². The fourth-order valence-electron chi connectivity index (χ4n) is 1.93. The van der Waals surface area contributed by atoms with E-state index in [4.69, 9.17) is 5.11 Å². The summed E-state index contributed by atoms with van der Waals surface area (Å²) in [5.74, 6) is 0.101. The van der Waals surface area contributed by atoms with Crippen molar-refractivity contribution in [1.82, 2.24) is 9.55 Å². The van der Waals surface area contributed by atoms with Crippen molar-refractivity contribution < 1.29 is 5.11 Å². The minimum atomic E-state index is -0.399. The van der Waals surface area contributed by atoms with Gasteiger partial charge in [0, 0.05) is 24.3 Å². The molecule has 0 spiro atoms. The van der Waals surface area contributed by atoms with Crippen LogP contribution in [0.3, 0.4) is 0 Å². The van der Waals surface area contributed by atoms with Gasteiger partial charge < -0.3 is 5.11 Å². The molecule has 0 radical (unpaired) electrons. The molecule has 0 amide bonds. The Morgan fingerprint density at radius 1 is 1.50 bits per heavy atom. The van der Waals surface area contributed by atoms with Gasteiger partial charge in [-0.2, -0.15) is 0 Å². The maximum Gasteiger partial charge on any atom is 0.328 e. The van der Waals surface area contributed by atoms with Crippen LogP contribution in [0.5, 0.6) is 0 Å². The lowest BCUT2D eigenvalue weighted by atomic mass is 10.1. The summed E-state index contributed by atoms with van der Waals surface area (Å²) in [5.41, 5.74) is -0.230. The van der Waals surface area contributed by atoms with E-state index >= 15 is 0 Å². The maximum absolute atomic E-state index is 11.6. The molecule has 0 saturated carbocycles. The number of aromatic nitrogens is 2. The average molecular weight is 222 g/mol. The van der Waals surface area contributed by atoms with Gasteiger partial charge in [0.05, 0.1) is 6.04 Å². The third-order valence-corrected chi connectivity index (χ3v) is 2.89. The Balaban J connectivity index is 2.36. The third kappa shape index (κ3) is 1.86. The molecule has 0 fully saturated rings. The van der Waals surface area contributed by atoms with Crippen LogP contribution in [-0.4, -0.2) is 21.3 Å². The molecular weight excluding hydrogens is 208 g/mol. The lowest BCUT2D eigenvalue weighted by Gasteiger charge is -2.13. The van der Waals surface area contributed by atoms with E-state index in [0.717, 1.165) is 0 Å². The highest BCUT2D eigenvalue weighted by molar-refractivity contribution is 5.09. The van der Waals surface area contributed by atoms with Crippen LogP contribution in [-0.2, 0) is 0 Å². The highest BCUT2D eigenvalue weighted by Crippen LogP contribution is 2.25. The Labute approximate surface area is 92.1 Å². The Morgan fingerprint density at radius 3 is 2.88 bits per heavy atom. The van der Waals surface area contributed by atoms with Gasteiger partial charge in [0.25, 0.3) is 5.56 Å². The van der Waals surface area contributed by atoms with E-state index in [1.54, 1.807) is 13.1 Å². The van der Waals surface area contributed by atoms with Gasteiger partial charge in [-0.05, 0) is 13.3 Å². The average Bonchev–Trinajstić information content (AvgIpc) is 2.71. The normalized spacial score (nSPS) is 23.9. The Morgan fingerprint density at radius 2 is 2.25 bits per heavy atom. The number of rotatable bonds is 2. The molecule has 0 unspecified atom stereocenters. The molecule has 0 bridgehead atoms. The number of H-pyrrole nitrogens is 1. The van der Waals surface area contributed by atoms with E-state index in [1.807, 2.05) is 12.2 Å². The molecule has 2 N–H and O–H groups in total. The van der Waals surface area contributed by atoms with Gasteiger partial charge in [-0.25, -0.2) is 4.79 Å². The molecule has 1 aromatic rings. The van der Waals surface area contributed by atoms with Crippen molar-refractivity contribution in [2.75, 3.05) is 6.61 Å². The second-order valence-electron chi connectivity index (χ2n) is 4.11. The first-order valence-electron chi connectivity index (χ1n) is 5.23. The molecule has 16 heavy (non-hydrogen) atoms. The standard InChI is InChI=1S/C11H14N2O3/c1-7-5-13(11(16)12-10(7)15)9-3-2-8(4-9)6-14/h2-3,5,8-9,14H,4,6H2,1H3,(H,12,15,16)/t8-,9+/m0/s1. The first-order chi connectivity index (χ1) is 7.61. The zero-order valence-corrected chi connectivity index (χ0v) is 9.01. The summed E-state index contributed by atoms with van der Waals surface area (Å²) < 4.78 is 1.50. The molecular formula is C11H14N2O3. The van der Waals surface area contributed by atoms with Crippen LogP contribution < -0.4 is 11.2 Å². The molecule has 1 aliphatic carbocycles. The van der Waals surface area contributed by atoms with Crippen LogP contribution in [0.4, 0.5) is 0 Å². The van der Waals surface area contributed by atoms with Gasteiger partial charge >= 0.3 is 5.69 Å². The smallest absolute Gasteiger partial charge is 0.328 e. The monoisotopic (exact) mass is 222 g/mol. The van der Waals surface area contributed by atoms with Gasteiger partial charge in [-0.3, -0.25) is 14.3 Å². The van der Waals surface area contributed by atoms with Gasteiger partial charge in [0.2, 0.25) is 0 Å². The second-order valence-corrected chi connectivity index (χ2v) is 4.11. The topological polar surface area (TPSA) is 75.1 Å². The summed E-state index contributed by atoms with van der Waals surface area (Å²) in [6.45, 7) is 1.75. The highest BCUT2D eigenvalue weighted by Gasteiger charge is 2.20. The number of aromatic amines is 1. The predicted molar refractivity (Wildman–Crippen MR) is 59.4 cm³/mol. The molecule has 0 aromatic carbocycles. The van der Waals surface area contributed by atoms with Crippen LogP contribution in [0.15, 0.2) is 27.9 Å². The van der Waals surface area contributed by atoms with Crippen molar-refractivity contribution in [2.24, 2.45) is 5.92 Å². The van der Waals surface area contributed by atoms with Gasteiger partial charge in [0.15, 0.2) is 0 Å². The summed E-state index contributed by atoms with van der Waals surface area (Å²) >= 11 is 0. The Bertz CT molecular complexity index is 527. The van der Waals surface area contributed by atoms with Crippen LogP contribution in [0.25, 0.3) is 0 Å². The molecule has 86 valence electrons. The molecule has 0 aliphatic heterocycles. The zero-order valence-electron chi connectivity index (χ0n) is 9.01. The number of aliphatic hydroxyl groups excluding tert-OH is 1. The molecule has 1 aliphatic rings. The SMILES string of the molecule is Cc1cn([C@@H]2C=C[C@H](CO)C2)c(=O)[nH]c1=O. The number of nitrogens with one attached hydrogen (secondary N) is 1. The number of aryl methyl sites for hydroxylation is 1. The van der Waals surface area contributed by atoms with Crippen molar-refractivity contribution in [2.45, 2.75) is 19.4 Å². The molecule has 5 heteroatoms. The largest absolute Gasteiger partial charge is 0.396 e. The van der Waals surface area contributed by atoms with Crippen molar-refractivity contribution in [3.05, 3.63) is 44.8 Å². The van der Waals surface area contributed by atoms with E-state index in [0.29, 0.717) is 12.0 Å². The Hall–Kier alpha value is -1.62. The van der Waals surface area contributed by atoms with Crippen LogP contribution in [0.2, 0.25) is 0 Å². The van der Waals surface area contributed by atoms with Gasteiger partial charge in [-0.15, -0.1) is 0 Å². The summed E-state index contributed by atoms with van der Waals surface area (Å²) in [5, 5.41) is 9.00. The molecule has 2 atom stereocenters. The van der Waals surface area contributed by atoms with Crippen LogP contribution in [0.1, 0.15) is 18.0 Å². The minimum Gasteiger partial charge on any atom is -0.396 e. The summed E-state index contributed by atoms with van der Waals surface area (Å²) in [7, 11) is 0. The molecule has 5 nitrogen and oxygen atoms in total. The van der Waals surface area contributed by atoms with Crippen LogP contribution in [0, 0.1) is 12.8 Å². The summed E-state index contributed by atoms with van der Waals surface area (Å²) in [4.78, 5) is 25.1. The van der Waals surface area contributed by atoms with Gasteiger partial charge in [0.1, 0.15) is 0 Å². The summed E-state index contributed by atoms with van der Waals surface area (Å²) in [6.07, 6.45) is 6.05. The highest BCUT2D eigenvalue weighted by atomic mass is 16.3. The second kappa shape index (κ2) is 4.09. The number of hydrogen-bond acceptors (Lipinski definition) is 3. The van der Waals surface area contributed by atoms with E-state index in [-0.39, 0.29) is 24.1 Å². The van der Waals surface area contributed by atoms with Crippen molar-refractivity contribution in [3.63, 3.8) is 0 Å². The molecule has 1 aromatic heterocycles. The fourth-order valence-corrected chi connectivity index (χ4v) is 1.93.